The minimum atomic E-state index is 0.228. The van der Waals surface area contributed by atoms with Crippen LogP contribution in [0.4, 0.5) is 0 Å². The van der Waals surface area contributed by atoms with Crippen LogP contribution in [-0.2, 0) is 0 Å². The van der Waals surface area contributed by atoms with Crippen molar-refractivity contribution < 1.29 is 0 Å². The van der Waals surface area contributed by atoms with E-state index in [1.165, 1.54) is 9.75 Å². The number of thiophene rings is 1. The third-order valence-corrected chi connectivity index (χ3v) is 4.39. The summed E-state index contributed by atoms with van der Waals surface area (Å²) in [5, 5.41) is 12.5. The molecule has 2 nitrogen and oxygen atoms in total. The van der Waals surface area contributed by atoms with E-state index in [1.54, 1.807) is 0 Å². The first-order valence-electron chi connectivity index (χ1n) is 6.42. The number of nitrogens with one attached hydrogen (secondary N) is 1. The van der Waals surface area contributed by atoms with Crippen LogP contribution in [-0.4, -0.2) is 0 Å². The number of hydrogen-bond donors (Lipinski definition) is 1. The van der Waals surface area contributed by atoms with Crippen molar-refractivity contribution >= 4 is 11.3 Å². The van der Waals surface area contributed by atoms with Crippen LogP contribution in [0.2, 0.25) is 0 Å². The topological polar surface area (TPSA) is 35.8 Å². The Morgan fingerprint density at radius 1 is 1.16 bits per heavy atom. The van der Waals surface area contributed by atoms with E-state index in [4.69, 9.17) is 5.26 Å². The quantitative estimate of drug-likeness (QED) is 0.897. The molecule has 2 aromatic rings. The maximum Gasteiger partial charge on any atom is 0.0991 e. The molecule has 1 N–H and O–H groups in total. The number of rotatable bonds is 4. The summed E-state index contributed by atoms with van der Waals surface area (Å²) in [5.74, 6) is 0. The Bertz CT molecular complexity index is 595. The zero-order valence-electron chi connectivity index (χ0n) is 11.5. The standard InChI is InChI=1S/C16H18N2S/c1-11-7-8-16(19-11)13(3)18-12(2)15-6-4-5-14(9-15)10-17/h4-9,12-13,18H,1-3H3. The molecule has 0 spiro atoms. The fraction of sp³-hybridized carbons (Fsp3) is 0.312. The molecule has 0 radical (unpaired) electrons. The third-order valence-electron chi connectivity index (χ3n) is 3.20. The molecule has 0 amide bonds. The van der Waals surface area contributed by atoms with Crippen LogP contribution < -0.4 is 5.32 Å². The number of hydrogen-bond acceptors (Lipinski definition) is 3. The van der Waals surface area contributed by atoms with Gasteiger partial charge in [-0.25, -0.2) is 0 Å². The summed E-state index contributed by atoms with van der Waals surface area (Å²) in [5.41, 5.74) is 1.87. The molecule has 2 unspecified atom stereocenters. The molecule has 19 heavy (non-hydrogen) atoms. The molecule has 0 aliphatic carbocycles. The van der Waals surface area contributed by atoms with E-state index in [0.29, 0.717) is 11.6 Å². The van der Waals surface area contributed by atoms with E-state index < -0.39 is 0 Å². The fourth-order valence-electron chi connectivity index (χ4n) is 2.12. The molecule has 1 heterocycles. The molecule has 2 rings (SSSR count). The number of nitriles is 1. The molecule has 2 atom stereocenters. The largest absolute Gasteiger partial charge is 0.303 e. The van der Waals surface area contributed by atoms with Gasteiger partial charge in [0.15, 0.2) is 0 Å². The van der Waals surface area contributed by atoms with Crippen LogP contribution in [0.25, 0.3) is 0 Å². The first kappa shape index (κ1) is 13.8. The second kappa shape index (κ2) is 6.01. The van der Waals surface area contributed by atoms with Gasteiger partial charge in [-0.15, -0.1) is 11.3 Å². The van der Waals surface area contributed by atoms with Crippen LogP contribution in [0.15, 0.2) is 36.4 Å². The lowest BCUT2D eigenvalue weighted by Gasteiger charge is -2.19. The Hall–Kier alpha value is -1.63. The van der Waals surface area contributed by atoms with Gasteiger partial charge in [0.2, 0.25) is 0 Å². The van der Waals surface area contributed by atoms with Gasteiger partial charge in [-0.1, -0.05) is 12.1 Å². The van der Waals surface area contributed by atoms with Crippen molar-refractivity contribution in [3.63, 3.8) is 0 Å². The van der Waals surface area contributed by atoms with Crippen LogP contribution in [0.5, 0.6) is 0 Å². The van der Waals surface area contributed by atoms with Crippen LogP contribution in [0, 0.1) is 18.3 Å². The van der Waals surface area contributed by atoms with Crippen molar-refractivity contribution in [3.05, 3.63) is 57.3 Å². The van der Waals surface area contributed by atoms with Crippen LogP contribution in [0.1, 0.15) is 46.8 Å². The molecular weight excluding hydrogens is 252 g/mol. The highest BCUT2D eigenvalue weighted by Gasteiger charge is 2.12. The monoisotopic (exact) mass is 270 g/mol. The molecule has 3 heteroatoms. The minimum Gasteiger partial charge on any atom is -0.303 e. The molecular formula is C16H18N2S. The van der Waals surface area contributed by atoms with Crippen molar-refractivity contribution in [2.45, 2.75) is 32.9 Å². The Balaban J connectivity index is 2.08. The summed E-state index contributed by atoms with van der Waals surface area (Å²) in [4.78, 5) is 2.68. The van der Waals surface area contributed by atoms with Gasteiger partial charge in [-0.2, -0.15) is 5.26 Å². The highest BCUT2D eigenvalue weighted by molar-refractivity contribution is 7.12. The van der Waals surface area contributed by atoms with E-state index in [9.17, 15) is 0 Å². The van der Waals surface area contributed by atoms with Gasteiger partial charge in [0.05, 0.1) is 11.6 Å². The number of benzene rings is 1. The van der Waals surface area contributed by atoms with Gasteiger partial charge in [-0.3, -0.25) is 0 Å². The number of aryl methyl sites for hydroxylation is 1. The predicted molar refractivity (Wildman–Crippen MR) is 80.2 cm³/mol. The van der Waals surface area contributed by atoms with Gasteiger partial charge in [0, 0.05) is 21.8 Å². The average Bonchev–Trinajstić information content (AvgIpc) is 2.85. The molecule has 0 bridgehead atoms. The summed E-state index contributed by atoms with van der Waals surface area (Å²) in [6.45, 7) is 6.43. The lowest BCUT2D eigenvalue weighted by atomic mass is 10.0. The Morgan fingerprint density at radius 3 is 2.58 bits per heavy atom. The summed E-state index contributed by atoms with van der Waals surface area (Å²) in [6.07, 6.45) is 0. The van der Waals surface area contributed by atoms with Crippen molar-refractivity contribution in [2.75, 3.05) is 0 Å². The van der Waals surface area contributed by atoms with E-state index in [0.717, 1.165) is 5.56 Å². The second-order valence-corrected chi connectivity index (χ2v) is 6.12. The van der Waals surface area contributed by atoms with Gasteiger partial charge in [-0.05, 0) is 50.6 Å². The highest BCUT2D eigenvalue weighted by atomic mass is 32.1. The van der Waals surface area contributed by atoms with E-state index >= 15 is 0 Å². The number of nitrogens with zero attached hydrogens (tertiary/aromatic N) is 1. The zero-order chi connectivity index (χ0) is 13.8. The Labute approximate surface area is 118 Å². The molecule has 98 valence electrons. The summed E-state index contributed by atoms with van der Waals surface area (Å²) in [6, 6.07) is 14.8. The molecule has 1 aromatic carbocycles. The average molecular weight is 270 g/mol. The smallest absolute Gasteiger partial charge is 0.0991 e. The van der Waals surface area contributed by atoms with Gasteiger partial charge in [0.1, 0.15) is 0 Å². The Morgan fingerprint density at radius 2 is 1.95 bits per heavy atom. The van der Waals surface area contributed by atoms with Gasteiger partial charge in [0.25, 0.3) is 0 Å². The van der Waals surface area contributed by atoms with Crippen LogP contribution in [0.3, 0.4) is 0 Å². The van der Waals surface area contributed by atoms with Crippen molar-refractivity contribution in [1.29, 1.82) is 5.26 Å². The first-order valence-corrected chi connectivity index (χ1v) is 7.24. The second-order valence-electron chi connectivity index (χ2n) is 4.80. The predicted octanol–water partition coefficient (Wildman–Crippen LogP) is 4.34. The molecule has 0 saturated heterocycles. The summed E-state index contributed by atoms with van der Waals surface area (Å²) in [7, 11) is 0. The van der Waals surface area contributed by atoms with Crippen molar-refractivity contribution in [2.24, 2.45) is 0 Å². The van der Waals surface area contributed by atoms with E-state index in [-0.39, 0.29) is 6.04 Å². The highest BCUT2D eigenvalue weighted by Crippen LogP contribution is 2.25. The summed E-state index contributed by atoms with van der Waals surface area (Å²) >= 11 is 1.83. The maximum absolute atomic E-state index is 8.94. The molecule has 1 aromatic heterocycles. The summed E-state index contributed by atoms with van der Waals surface area (Å²) < 4.78 is 0. The molecule has 0 saturated carbocycles. The molecule has 0 fully saturated rings. The lowest BCUT2D eigenvalue weighted by molar-refractivity contribution is 0.500. The van der Waals surface area contributed by atoms with Crippen molar-refractivity contribution in [1.82, 2.24) is 5.32 Å². The van der Waals surface area contributed by atoms with E-state index in [2.05, 4.69) is 50.4 Å². The molecule has 0 aliphatic heterocycles. The third kappa shape index (κ3) is 3.44. The Kier molecular flexibility index (Phi) is 4.36. The van der Waals surface area contributed by atoms with Gasteiger partial charge >= 0.3 is 0 Å². The van der Waals surface area contributed by atoms with Crippen molar-refractivity contribution in [3.8, 4) is 6.07 Å². The first-order chi connectivity index (χ1) is 9.10. The minimum absolute atomic E-state index is 0.228. The van der Waals surface area contributed by atoms with Crippen LogP contribution >= 0.6 is 11.3 Å². The SMILES string of the molecule is Cc1ccc(C(C)NC(C)c2cccc(C#N)c2)s1. The molecule has 0 aliphatic rings. The van der Waals surface area contributed by atoms with Gasteiger partial charge < -0.3 is 5.32 Å². The normalized spacial score (nSPS) is 13.8. The van der Waals surface area contributed by atoms with E-state index in [1.807, 2.05) is 29.5 Å². The maximum atomic E-state index is 8.94. The lowest BCUT2D eigenvalue weighted by Crippen LogP contribution is -2.21. The zero-order valence-corrected chi connectivity index (χ0v) is 12.3. The fourth-order valence-corrected chi connectivity index (χ4v) is 3.01.